The van der Waals surface area contributed by atoms with Crippen molar-refractivity contribution in [2.45, 2.75) is 43.4 Å². The summed E-state index contributed by atoms with van der Waals surface area (Å²) in [4.78, 5) is 16.8. The number of aryl methyl sites for hydroxylation is 1. The Labute approximate surface area is 198 Å². The number of halogens is 1. The molecule has 4 rings (SSSR count). The first kappa shape index (κ1) is 23.7. The standard InChI is InChI=1S/C25H26FN3O4S/c26-22-10-4-3-9-21(22)23-14-12-19(33-23)13-15-25(30)28-18-7-6-8-20(17-18)34(31,32)29-24-11-2-1-5-16-27-24/h3-4,6-10,12,14,17H,1-2,5,11,13,15-16H2,(H,27,29)(H,28,30). The van der Waals surface area contributed by atoms with Gasteiger partial charge in [-0.1, -0.05) is 24.6 Å². The summed E-state index contributed by atoms with van der Waals surface area (Å²) in [6.45, 7) is 0.616. The van der Waals surface area contributed by atoms with Crippen molar-refractivity contribution in [2.75, 3.05) is 11.9 Å². The summed E-state index contributed by atoms with van der Waals surface area (Å²) in [5.41, 5.74) is 0.738. The van der Waals surface area contributed by atoms with Gasteiger partial charge in [-0.3, -0.25) is 14.5 Å². The van der Waals surface area contributed by atoms with E-state index in [4.69, 9.17) is 4.42 Å². The molecule has 0 spiro atoms. The Morgan fingerprint density at radius 2 is 1.88 bits per heavy atom. The first-order valence-electron chi connectivity index (χ1n) is 11.2. The lowest BCUT2D eigenvalue weighted by molar-refractivity contribution is -0.116. The predicted octanol–water partition coefficient (Wildman–Crippen LogP) is 4.91. The third-order valence-corrected chi connectivity index (χ3v) is 6.83. The SMILES string of the molecule is O=C(CCc1ccc(-c2ccccc2F)o1)Nc1cccc(S(=O)(=O)NC2=NCCCCC2)c1. The van der Waals surface area contributed by atoms with Crippen LogP contribution in [0.2, 0.25) is 0 Å². The number of rotatable bonds is 7. The maximum Gasteiger partial charge on any atom is 0.262 e. The average Bonchev–Trinajstić information content (AvgIpc) is 3.14. The molecule has 3 aromatic rings. The van der Waals surface area contributed by atoms with E-state index in [-0.39, 0.29) is 23.0 Å². The van der Waals surface area contributed by atoms with Gasteiger partial charge < -0.3 is 9.73 Å². The predicted molar refractivity (Wildman–Crippen MR) is 129 cm³/mol. The number of amides is 1. The van der Waals surface area contributed by atoms with Crippen LogP contribution in [-0.4, -0.2) is 26.7 Å². The van der Waals surface area contributed by atoms with Crippen LogP contribution in [0.4, 0.5) is 10.1 Å². The molecule has 0 aliphatic carbocycles. The van der Waals surface area contributed by atoms with Gasteiger partial charge in [0.05, 0.1) is 10.5 Å². The topological polar surface area (TPSA) is 101 Å². The Bertz CT molecular complexity index is 1300. The van der Waals surface area contributed by atoms with Crippen LogP contribution in [0.1, 0.15) is 37.9 Å². The van der Waals surface area contributed by atoms with Crippen molar-refractivity contribution in [3.8, 4) is 11.3 Å². The van der Waals surface area contributed by atoms with Crippen molar-refractivity contribution in [1.29, 1.82) is 0 Å². The number of carbonyl (C=O) groups is 1. The van der Waals surface area contributed by atoms with Gasteiger partial charge in [-0.05, 0) is 55.3 Å². The quantitative estimate of drug-likeness (QED) is 0.499. The molecule has 1 aliphatic rings. The Kier molecular flexibility index (Phi) is 7.42. The molecule has 0 saturated carbocycles. The van der Waals surface area contributed by atoms with Crippen molar-refractivity contribution in [3.63, 3.8) is 0 Å². The van der Waals surface area contributed by atoms with Crippen LogP contribution in [0, 0.1) is 5.82 Å². The first-order valence-corrected chi connectivity index (χ1v) is 12.7. The van der Waals surface area contributed by atoms with Gasteiger partial charge in [0.1, 0.15) is 23.2 Å². The summed E-state index contributed by atoms with van der Waals surface area (Å²) >= 11 is 0. The molecule has 2 aromatic carbocycles. The van der Waals surface area contributed by atoms with E-state index in [9.17, 15) is 17.6 Å². The van der Waals surface area contributed by atoms with E-state index in [1.54, 1.807) is 42.5 Å². The molecule has 0 bridgehead atoms. The summed E-state index contributed by atoms with van der Waals surface area (Å²) < 4.78 is 47.7. The lowest BCUT2D eigenvalue weighted by Crippen LogP contribution is -2.30. The van der Waals surface area contributed by atoms with Crippen molar-refractivity contribution < 1.29 is 22.0 Å². The maximum absolute atomic E-state index is 13.9. The van der Waals surface area contributed by atoms with Crippen LogP contribution in [0.3, 0.4) is 0 Å². The number of anilines is 1. The zero-order valence-corrected chi connectivity index (χ0v) is 19.4. The van der Waals surface area contributed by atoms with Gasteiger partial charge in [0.25, 0.3) is 10.0 Å². The zero-order valence-electron chi connectivity index (χ0n) is 18.6. The highest BCUT2D eigenvalue weighted by Gasteiger charge is 2.18. The first-order chi connectivity index (χ1) is 16.4. The van der Waals surface area contributed by atoms with Crippen molar-refractivity contribution in [3.05, 3.63) is 72.2 Å². The Morgan fingerprint density at radius 3 is 2.74 bits per heavy atom. The van der Waals surface area contributed by atoms with Gasteiger partial charge in [0.2, 0.25) is 5.91 Å². The summed E-state index contributed by atoms with van der Waals surface area (Å²) in [6.07, 6.45) is 3.92. The van der Waals surface area contributed by atoms with Gasteiger partial charge in [-0.2, -0.15) is 0 Å². The molecule has 0 atom stereocenters. The number of furan rings is 1. The monoisotopic (exact) mass is 483 g/mol. The van der Waals surface area contributed by atoms with Crippen molar-refractivity contribution >= 4 is 27.5 Å². The molecule has 2 heterocycles. The lowest BCUT2D eigenvalue weighted by atomic mass is 10.1. The fourth-order valence-corrected chi connectivity index (χ4v) is 4.83. The number of aliphatic imine (C=N–C) groups is 1. The number of sulfonamides is 1. The minimum Gasteiger partial charge on any atom is -0.461 e. The highest BCUT2D eigenvalue weighted by molar-refractivity contribution is 7.90. The molecule has 1 aliphatic heterocycles. The smallest absolute Gasteiger partial charge is 0.262 e. The molecule has 0 fully saturated rings. The lowest BCUT2D eigenvalue weighted by Gasteiger charge is -2.11. The summed E-state index contributed by atoms with van der Waals surface area (Å²) in [5.74, 6) is 0.756. The zero-order chi connectivity index (χ0) is 24.0. The number of nitrogens with one attached hydrogen (secondary N) is 2. The van der Waals surface area contributed by atoms with E-state index in [0.29, 0.717) is 48.0 Å². The minimum absolute atomic E-state index is 0.0535. The second kappa shape index (κ2) is 10.6. The molecule has 1 aromatic heterocycles. The molecule has 34 heavy (non-hydrogen) atoms. The van der Waals surface area contributed by atoms with Gasteiger partial charge in [0.15, 0.2) is 0 Å². The Hall–Kier alpha value is -3.46. The molecule has 0 radical (unpaired) electrons. The van der Waals surface area contributed by atoms with Gasteiger partial charge in [0, 0.05) is 31.5 Å². The number of amidine groups is 1. The van der Waals surface area contributed by atoms with Crippen molar-refractivity contribution in [2.24, 2.45) is 4.99 Å². The molecule has 0 unspecified atom stereocenters. The van der Waals surface area contributed by atoms with E-state index in [1.807, 2.05) is 0 Å². The number of hydrogen-bond acceptors (Lipinski definition) is 5. The van der Waals surface area contributed by atoms with Crippen LogP contribution in [0.15, 0.2) is 75.0 Å². The van der Waals surface area contributed by atoms with E-state index in [1.165, 1.54) is 18.2 Å². The number of nitrogens with zero attached hydrogens (tertiary/aromatic N) is 1. The highest BCUT2D eigenvalue weighted by atomic mass is 32.2. The molecule has 0 saturated heterocycles. The average molecular weight is 484 g/mol. The van der Waals surface area contributed by atoms with Crippen molar-refractivity contribution in [1.82, 2.24) is 4.72 Å². The Balaban J connectivity index is 1.35. The minimum atomic E-state index is -3.79. The van der Waals surface area contributed by atoms with E-state index in [0.717, 1.165) is 19.3 Å². The van der Waals surface area contributed by atoms with Crippen LogP contribution >= 0.6 is 0 Å². The summed E-state index contributed by atoms with van der Waals surface area (Å²) in [5, 5.41) is 2.72. The molecular formula is C25H26FN3O4S. The van der Waals surface area contributed by atoms with Gasteiger partial charge in [-0.25, -0.2) is 12.8 Å². The van der Waals surface area contributed by atoms with Gasteiger partial charge in [-0.15, -0.1) is 0 Å². The molecule has 178 valence electrons. The summed E-state index contributed by atoms with van der Waals surface area (Å²) in [6, 6.07) is 15.8. The van der Waals surface area contributed by atoms with E-state index < -0.39 is 10.0 Å². The number of carbonyl (C=O) groups excluding carboxylic acids is 1. The van der Waals surface area contributed by atoms with Crippen LogP contribution in [0.25, 0.3) is 11.3 Å². The molecule has 1 amide bonds. The second-order valence-corrected chi connectivity index (χ2v) is 9.75. The van der Waals surface area contributed by atoms with Crippen LogP contribution in [-0.2, 0) is 21.2 Å². The van der Waals surface area contributed by atoms with E-state index in [2.05, 4.69) is 15.0 Å². The largest absolute Gasteiger partial charge is 0.461 e. The molecule has 2 N–H and O–H groups in total. The molecule has 9 heteroatoms. The third kappa shape index (κ3) is 6.11. The van der Waals surface area contributed by atoms with E-state index >= 15 is 0 Å². The molecular weight excluding hydrogens is 457 g/mol. The third-order valence-electron chi connectivity index (χ3n) is 5.45. The van der Waals surface area contributed by atoms with Crippen LogP contribution < -0.4 is 10.0 Å². The second-order valence-electron chi connectivity index (χ2n) is 8.07. The van der Waals surface area contributed by atoms with Crippen LogP contribution in [0.5, 0.6) is 0 Å². The fourth-order valence-electron chi connectivity index (χ4n) is 3.69. The summed E-state index contributed by atoms with van der Waals surface area (Å²) in [7, 11) is -3.79. The normalized spacial score (nSPS) is 14.2. The highest BCUT2D eigenvalue weighted by Crippen LogP contribution is 2.25. The Morgan fingerprint density at radius 1 is 1.03 bits per heavy atom. The maximum atomic E-state index is 13.9. The van der Waals surface area contributed by atoms with Gasteiger partial charge >= 0.3 is 0 Å². The number of benzene rings is 2. The fraction of sp³-hybridized carbons (Fsp3) is 0.280. The number of hydrogen-bond donors (Lipinski definition) is 2. The molecule has 7 nitrogen and oxygen atoms in total.